The highest BCUT2D eigenvalue weighted by molar-refractivity contribution is 7.89. The Balaban J connectivity index is 1.79. The predicted octanol–water partition coefficient (Wildman–Crippen LogP) is 1.91. The van der Waals surface area contributed by atoms with Crippen molar-refractivity contribution in [3.8, 4) is 0 Å². The van der Waals surface area contributed by atoms with Gasteiger partial charge in [-0.2, -0.15) is 0 Å². The van der Waals surface area contributed by atoms with E-state index < -0.39 is 10.0 Å². The Hall–Kier alpha value is -0.370. The zero-order chi connectivity index (χ0) is 16.2. The monoisotopic (exact) mass is 365 g/mol. The van der Waals surface area contributed by atoms with E-state index in [1.54, 1.807) is 0 Å². The van der Waals surface area contributed by atoms with Gasteiger partial charge >= 0.3 is 0 Å². The number of rotatable bonds is 6. The molecule has 1 aliphatic rings. The summed E-state index contributed by atoms with van der Waals surface area (Å²) in [5.41, 5.74) is 0. The average molecular weight is 366 g/mol. The van der Waals surface area contributed by atoms with E-state index in [2.05, 4.69) is 21.6 Å². The highest BCUT2D eigenvalue weighted by Gasteiger charge is 2.16. The number of nitrogens with zero attached hydrogens (tertiary/aromatic N) is 2. The molecule has 1 aliphatic heterocycles. The van der Waals surface area contributed by atoms with Crippen molar-refractivity contribution in [2.24, 2.45) is 0 Å². The molecule has 5 nitrogen and oxygen atoms in total. The third-order valence-electron chi connectivity index (χ3n) is 3.74. The Labute approximate surface area is 142 Å². The fourth-order valence-corrected chi connectivity index (χ4v) is 3.77. The van der Waals surface area contributed by atoms with Crippen LogP contribution in [-0.2, 0) is 10.0 Å². The van der Waals surface area contributed by atoms with Gasteiger partial charge in [0.1, 0.15) is 0 Å². The summed E-state index contributed by atoms with van der Waals surface area (Å²) < 4.78 is 26.9. The number of hydrogen-bond acceptors (Lipinski definition) is 4. The first-order chi connectivity index (χ1) is 10.4. The number of piperazine rings is 1. The second kappa shape index (κ2) is 7.95. The minimum Gasteiger partial charge on any atom is -0.304 e. The van der Waals surface area contributed by atoms with E-state index in [1.165, 1.54) is 18.2 Å². The topological polar surface area (TPSA) is 52.6 Å². The third kappa shape index (κ3) is 5.08. The van der Waals surface area contributed by atoms with Gasteiger partial charge in [-0.3, -0.25) is 0 Å². The highest BCUT2D eigenvalue weighted by Crippen LogP contribution is 2.24. The van der Waals surface area contributed by atoms with E-state index in [4.69, 9.17) is 23.2 Å². The van der Waals surface area contributed by atoms with E-state index in [0.717, 1.165) is 39.1 Å². The minimum atomic E-state index is -3.53. The molecular formula is C14H21Cl2N3O2S. The average Bonchev–Trinajstić information content (AvgIpc) is 2.48. The zero-order valence-corrected chi connectivity index (χ0v) is 14.9. The van der Waals surface area contributed by atoms with Crippen molar-refractivity contribution in [3.05, 3.63) is 28.2 Å². The first kappa shape index (κ1) is 18.0. The van der Waals surface area contributed by atoms with E-state index in [9.17, 15) is 8.42 Å². The second-order valence-electron chi connectivity index (χ2n) is 5.47. The SMILES string of the molecule is CN1CCN(CCCNS(=O)(=O)c2ccc(Cl)c(Cl)c2)CC1. The van der Waals surface area contributed by atoms with Crippen LogP contribution in [0.25, 0.3) is 0 Å². The molecule has 8 heteroatoms. The zero-order valence-electron chi connectivity index (χ0n) is 12.6. The summed E-state index contributed by atoms with van der Waals surface area (Å²) in [5, 5.41) is 0.581. The van der Waals surface area contributed by atoms with Crippen molar-refractivity contribution in [1.29, 1.82) is 0 Å². The molecule has 0 radical (unpaired) electrons. The number of sulfonamides is 1. The van der Waals surface area contributed by atoms with Crippen LogP contribution in [0.5, 0.6) is 0 Å². The van der Waals surface area contributed by atoms with Crippen molar-refractivity contribution in [2.45, 2.75) is 11.3 Å². The van der Waals surface area contributed by atoms with Gasteiger partial charge in [0.2, 0.25) is 10.0 Å². The van der Waals surface area contributed by atoms with Gasteiger partial charge in [-0.05, 0) is 38.2 Å². The third-order valence-corrected chi connectivity index (χ3v) is 5.94. The maximum Gasteiger partial charge on any atom is 0.240 e. The van der Waals surface area contributed by atoms with Crippen LogP contribution in [-0.4, -0.2) is 64.5 Å². The molecule has 0 amide bonds. The lowest BCUT2D eigenvalue weighted by Crippen LogP contribution is -2.45. The van der Waals surface area contributed by atoms with Crippen LogP contribution in [0, 0.1) is 0 Å². The number of hydrogen-bond donors (Lipinski definition) is 1. The van der Waals surface area contributed by atoms with Crippen LogP contribution < -0.4 is 4.72 Å². The molecule has 1 aromatic rings. The minimum absolute atomic E-state index is 0.140. The Kier molecular flexibility index (Phi) is 6.49. The highest BCUT2D eigenvalue weighted by atomic mass is 35.5. The summed E-state index contributed by atoms with van der Waals surface area (Å²) in [4.78, 5) is 4.79. The van der Waals surface area contributed by atoms with Gasteiger partial charge in [-0.15, -0.1) is 0 Å². The van der Waals surface area contributed by atoms with Crippen LogP contribution in [0.15, 0.2) is 23.1 Å². The molecule has 1 saturated heterocycles. The van der Waals surface area contributed by atoms with Gasteiger partial charge in [0.25, 0.3) is 0 Å². The Morgan fingerprint density at radius 2 is 1.82 bits per heavy atom. The second-order valence-corrected chi connectivity index (χ2v) is 8.05. The molecule has 0 saturated carbocycles. The first-order valence-corrected chi connectivity index (χ1v) is 9.48. The number of halogens is 2. The number of likely N-dealkylation sites (N-methyl/N-ethyl adjacent to an activating group) is 1. The summed E-state index contributed by atoms with van der Waals surface area (Å²) in [7, 11) is -1.42. The van der Waals surface area contributed by atoms with E-state index in [1.807, 2.05) is 0 Å². The Bertz CT molecular complexity index is 602. The molecule has 0 spiro atoms. The van der Waals surface area contributed by atoms with E-state index >= 15 is 0 Å². The summed E-state index contributed by atoms with van der Waals surface area (Å²) in [5.74, 6) is 0. The van der Waals surface area contributed by atoms with Crippen molar-refractivity contribution in [1.82, 2.24) is 14.5 Å². The van der Waals surface area contributed by atoms with Crippen LogP contribution in [0.4, 0.5) is 0 Å². The molecule has 0 aromatic heterocycles. The van der Waals surface area contributed by atoms with Gasteiger partial charge in [-0.25, -0.2) is 13.1 Å². The molecule has 1 fully saturated rings. The summed E-state index contributed by atoms with van der Waals surface area (Å²) >= 11 is 11.7. The molecule has 22 heavy (non-hydrogen) atoms. The van der Waals surface area contributed by atoms with Crippen LogP contribution in [0.3, 0.4) is 0 Å². The molecular weight excluding hydrogens is 345 g/mol. The fourth-order valence-electron chi connectivity index (χ4n) is 2.31. The van der Waals surface area contributed by atoms with Gasteiger partial charge in [-0.1, -0.05) is 23.2 Å². The summed E-state index contributed by atoms with van der Waals surface area (Å²) in [6.45, 7) is 5.52. The largest absolute Gasteiger partial charge is 0.304 e. The molecule has 1 aromatic carbocycles. The van der Waals surface area contributed by atoms with Crippen LogP contribution in [0.1, 0.15) is 6.42 Å². The first-order valence-electron chi connectivity index (χ1n) is 7.24. The molecule has 0 aliphatic carbocycles. The molecule has 1 heterocycles. The molecule has 0 bridgehead atoms. The predicted molar refractivity (Wildman–Crippen MR) is 90.2 cm³/mol. The molecule has 2 rings (SSSR count). The molecule has 1 N–H and O–H groups in total. The lowest BCUT2D eigenvalue weighted by Gasteiger charge is -2.32. The van der Waals surface area contributed by atoms with Gasteiger partial charge < -0.3 is 9.80 Å². The normalized spacial score (nSPS) is 17.8. The van der Waals surface area contributed by atoms with Crippen LogP contribution in [0.2, 0.25) is 10.0 Å². The molecule has 124 valence electrons. The summed E-state index contributed by atoms with van der Waals surface area (Å²) in [6, 6.07) is 4.31. The van der Waals surface area contributed by atoms with Crippen LogP contribution >= 0.6 is 23.2 Å². The standard InChI is InChI=1S/C14H21Cl2N3O2S/c1-18-7-9-19(10-8-18)6-2-5-17-22(20,21)12-3-4-13(15)14(16)11-12/h3-4,11,17H,2,5-10H2,1H3. The smallest absolute Gasteiger partial charge is 0.240 e. The summed E-state index contributed by atoms with van der Waals surface area (Å²) in [6.07, 6.45) is 0.782. The van der Waals surface area contributed by atoms with Gasteiger partial charge in [0.05, 0.1) is 14.9 Å². The van der Waals surface area contributed by atoms with Crippen molar-refractivity contribution in [3.63, 3.8) is 0 Å². The maximum absolute atomic E-state index is 12.2. The van der Waals surface area contributed by atoms with E-state index in [-0.39, 0.29) is 9.92 Å². The lowest BCUT2D eigenvalue weighted by molar-refractivity contribution is 0.153. The van der Waals surface area contributed by atoms with Gasteiger partial charge in [0, 0.05) is 32.7 Å². The fraction of sp³-hybridized carbons (Fsp3) is 0.571. The van der Waals surface area contributed by atoms with Crippen molar-refractivity contribution >= 4 is 33.2 Å². The molecule has 0 atom stereocenters. The van der Waals surface area contributed by atoms with E-state index in [0.29, 0.717) is 11.6 Å². The van der Waals surface area contributed by atoms with Crippen molar-refractivity contribution in [2.75, 3.05) is 46.3 Å². The van der Waals surface area contributed by atoms with Gasteiger partial charge in [0.15, 0.2) is 0 Å². The van der Waals surface area contributed by atoms with Crippen molar-refractivity contribution < 1.29 is 8.42 Å². The quantitative estimate of drug-likeness (QED) is 0.782. The lowest BCUT2D eigenvalue weighted by atomic mass is 10.3. The maximum atomic E-state index is 12.2. The number of benzene rings is 1. The molecule has 0 unspecified atom stereocenters. The Morgan fingerprint density at radius 3 is 2.45 bits per heavy atom. The number of nitrogens with one attached hydrogen (secondary N) is 1. The Morgan fingerprint density at radius 1 is 1.14 bits per heavy atom.